The Balaban J connectivity index is 2.59. The molecule has 2 aromatic rings. The molecule has 122 valence electrons. The van der Waals surface area contributed by atoms with Gasteiger partial charge in [-0.25, -0.2) is 4.79 Å². The summed E-state index contributed by atoms with van der Waals surface area (Å²) in [6, 6.07) is 8.52. The van der Waals surface area contributed by atoms with E-state index >= 15 is 0 Å². The van der Waals surface area contributed by atoms with Crippen molar-refractivity contribution in [3.05, 3.63) is 58.1 Å². The molecule has 0 saturated heterocycles. The summed E-state index contributed by atoms with van der Waals surface area (Å²) >= 11 is 5.99. The first kappa shape index (κ1) is 17.3. The number of rotatable bonds is 3. The largest absolute Gasteiger partial charge is 0.462 e. The number of benzene rings is 2. The van der Waals surface area contributed by atoms with E-state index in [2.05, 4.69) is 0 Å². The van der Waals surface area contributed by atoms with Crippen molar-refractivity contribution < 1.29 is 22.7 Å². The number of carbonyl (C=O) groups is 1. The second-order valence-corrected chi connectivity index (χ2v) is 5.30. The van der Waals surface area contributed by atoms with Crippen LogP contribution in [0.25, 0.3) is 11.1 Å². The molecule has 0 N–H and O–H groups in total. The smallest absolute Gasteiger partial charge is 0.417 e. The predicted molar refractivity (Wildman–Crippen MR) is 82.6 cm³/mol. The molecule has 0 amide bonds. The fraction of sp³-hybridized carbons (Fsp3) is 0.235. The van der Waals surface area contributed by atoms with Gasteiger partial charge in [0, 0.05) is 5.56 Å². The Kier molecular flexibility index (Phi) is 5.00. The predicted octanol–water partition coefficient (Wildman–Crippen LogP) is 5.51. The molecule has 0 bridgehead atoms. The third-order valence-electron chi connectivity index (χ3n) is 3.32. The van der Waals surface area contributed by atoms with Gasteiger partial charge in [0.25, 0.3) is 0 Å². The van der Waals surface area contributed by atoms with Gasteiger partial charge in [0.2, 0.25) is 0 Å². The molecule has 6 heteroatoms. The van der Waals surface area contributed by atoms with Crippen LogP contribution in [-0.2, 0) is 10.9 Å². The van der Waals surface area contributed by atoms with Gasteiger partial charge in [-0.3, -0.25) is 0 Å². The standard InChI is InChI=1S/C17H14ClF3O2/c1-3-23-16(22)12-6-4-5-11(9-12)14-10(2)7-8-13(15(14)18)17(19,20)21/h4-9H,3H2,1-2H3. The molecule has 2 aromatic carbocycles. The molecule has 0 heterocycles. The first-order chi connectivity index (χ1) is 10.8. The Bertz CT molecular complexity index is 739. The lowest BCUT2D eigenvalue weighted by atomic mass is 9.96. The second-order valence-electron chi connectivity index (χ2n) is 4.92. The molecule has 0 aromatic heterocycles. The highest BCUT2D eigenvalue weighted by atomic mass is 35.5. The maximum absolute atomic E-state index is 13.0. The first-order valence-electron chi connectivity index (χ1n) is 6.89. The highest BCUT2D eigenvalue weighted by molar-refractivity contribution is 6.34. The maximum atomic E-state index is 13.0. The summed E-state index contributed by atoms with van der Waals surface area (Å²) in [5.74, 6) is -0.532. The number of ether oxygens (including phenoxy) is 1. The summed E-state index contributed by atoms with van der Waals surface area (Å²) < 4.78 is 44.0. The fourth-order valence-corrected chi connectivity index (χ4v) is 2.69. The Morgan fingerprint density at radius 2 is 1.91 bits per heavy atom. The number of esters is 1. The van der Waals surface area contributed by atoms with Crippen molar-refractivity contribution in [2.45, 2.75) is 20.0 Å². The molecule has 0 aliphatic rings. The molecule has 0 atom stereocenters. The summed E-state index contributed by atoms with van der Waals surface area (Å²) in [7, 11) is 0. The molecule has 0 aliphatic heterocycles. The third kappa shape index (κ3) is 3.67. The fourth-order valence-electron chi connectivity index (χ4n) is 2.26. The van der Waals surface area contributed by atoms with Crippen molar-refractivity contribution >= 4 is 17.6 Å². The lowest BCUT2D eigenvalue weighted by molar-refractivity contribution is -0.137. The van der Waals surface area contributed by atoms with E-state index in [-0.39, 0.29) is 22.8 Å². The molecular weight excluding hydrogens is 329 g/mol. The van der Waals surface area contributed by atoms with Crippen LogP contribution in [0, 0.1) is 6.92 Å². The minimum Gasteiger partial charge on any atom is -0.462 e. The first-order valence-corrected chi connectivity index (χ1v) is 7.27. The Morgan fingerprint density at radius 1 is 1.22 bits per heavy atom. The summed E-state index contributed by atoms with van der Waals surface area (Å²) in [5.41, 5.74) is 0.638. The van der Waals surface area contributed by atoms with Gasteiger partial charge >= 0.3 is 12.1 Å². The Labute approximate surface area is 136 Å². The summed E-state index contributed by atoms with van der Waals surface area (Å²) in [4.78, 5) is 11.8. The van der Waals surface area contributed by atoms with Crippen molar-refractivity contribution in [2.75, 3.05) is 6.61 Å². The molecule has 0 radical (unpaired) electrons. The van der Waals surface area contributed by atoms with Crippen molar-refractivity contribution in [1.29, 1.82) is 0 Å². The van der Waals surface area contributed by atoms with Gasteiger partial charge in [0.15, 0.2) is 0 Å². The zero-order valence-electron chi connectivity index (χ0n) is 12.5. The van der Waals surface area contributed by atoms with Crippen molar-refractivity contribution in [1.82, 2.24) is 0 Å². The molecular formula is C17H14ClF3O2. The van der Waals surface area contributed by atoms with E-state index in [1.165, 1.54) is 12.1 Å². The molecule has 0 aliphatic carbocycles. The topological polar surface area (TPSA) is 26.3 Å². The lowest BCUT2D eigenvalue weighted by Crippen LogP contribution is -2.07. The SMILES string of the molecule is CCOC(=O)c1cccc(-c2c(C)ccc(C(F)(F)F)c2Cl)c1. The van der Waals surface area contributed by atoms with Gasteiger partial charge in [-0.15, -0.1) is 0 Å². The average molecular weight is 343 g/mol. The molecule has 0 fully saturated rings. The zero-order valence-corrected chi connectivity index (χ0v) is 13.3. The second kappa shape index (κ2) is 6.62. The van der Waals surface area contributed by atoms with E-state index in [1.54, 1.807) is 32.0 Å². The third-order valence-corrected chi connectivity index (χ3v) is 3.71. The van der Waals surface area contributed by atoms with Crippen LogP contribution in [0.5, 0.6) is 0 Å². The van der Waals surface area contributed by atoms with E-state index in [0.29, 0.717) is 11.1 Å². The van der Waals surface area contributed by atoms with E-state index in [0.717, 1.165) is 6.07 Å². The number of aryl methyl sites for hydroxylation is 1. The Morgan fingerprint density at radius 3 is 2.52 bits per heavy atom. The van der Waals surface area contributed by atoms with Crippen LogP contribution >= 0.6 is 11.6 Å². The van der Waals surface area contributed by atoms with Crippen LogP contribution in [0.15, 0.2) is 36.4 Å². The molecule has 0 spiro atoms. The molecule has 2 nitrogen and oxygen atoms in total. The van der Waals surface area contributed by atoms with Gasteiger partial charge in [-0.2, -0.15) is 13.2 Å². The van der Waals surface area contributed by atoms with Gasteiger partial charge in [-0.1, -0.05) is 29.8 Å². The van der Waals surface area contributed by atoms with Crippen LogP contribution < -0.4 is 0 Å². The van der Waals surface area contributed by atoms with Crippen molar-refractivity contribution in [3.63, 3.8) is 0 Å². The number of halogens is 4. The average Bonchev–Trinajstić information content (AvgIpc) is 2.46. The van der Waals surface area contributed by atoms with E-state index in [9.17, 15) is 18.0 Å². The zero-order chi connectivity index (χ0) is 17.2. The van der Waals surface area contributed by atoms with Gasteiger partial charge in [0.05, 0.1) is 22.8 Å². The van der Waals surface area contributed by atoms with Crippen LogP contribution in [0.1, 0.15) is 28.4 Å². The minimum absolute atomic E-state index is 0.215. The van der Waals surface area contributed by atoms with Crippen molar-refractivity contribution in [2.24, 2.45) is 0 Å². The van der Waals surface area contributed by atoms with E-state index < -0.39 is 17.7 Å². The molecule has 23 heavy (non-hydrogen) atoms. The number of hydrogen-bond acceptors (Lipinski definition) is 2. The van der Waals surface area contributed by atoms with Crippen LogP contribution in [-0.4, -0.2) is 12.6 Å². The summed E-state index contributed by atoms with van der Waals surface area (Å²) in [6.07, 6.45) is -4.54. The monoisotopic (exact) mass is 342 g/mol. The van der Waals surface area contributed by atoms with Crippen molar-refractivity contribution in [3.8, 4) is 11.1 Å². The number of hydrogen-bond donors (Lipinski definition) is 0. The maximum Gasteiger partial charge on any atom is 0.417 e. The summed E-state index contributed by atoms with van der Waals surface area (Å²) in [6.45, 7) is 3.56. The number of carbonyl (C=O) groups excluding carboxylic acids is 1. The Hall–Kier alpha value is -2.01. The number of alkyl halides is 3. The molecule has 2 rings (SSSR count). The van der Waals surface area contributed by atoms with Gasteiger partial charge in [0.1, 0.15) is 0 Å². The quantitative estimate of drug-likeness (QED) is 0.687. The highest BCUT2D eigenvalue weighted by Crippen LogP contribution is 2.41. The molecule has 0 unspecified atom stereocenters. The normalized spacial score (nSPS) is 11.4. The van der Waals surface area contributed by atoms with Gasteiger partial charge in [-0.05, 0) is 43.2 Å². The minimum atomic E-state index is -4.54. The summed E-state index contributed by atoms with van der Waals surface area (Å²) in [5, 5.41) is -0.376. The lowest BCUT2D eigenvalue weighted by Gasteiger charge is -2.15. The van der Waals surface area contributed by atoms with Crippen LogP contribution in [0.3, 0.4) is 0 Å². The van der Waals surface area contributed by atoms with Crippen LogP contribution in [0.2, 0.25) is 5.02 Å². The molecule has 0 saturated carbocycles. The van der Waals surface area contributed by atoms with Crippen LogP contribution in [0.4, 0.5) is 13.2 Å². The highest BCUT2D eigenvalue weighted by Gasteiger charge is 2.34. The van der Waals surface area contributed by atoms with E-state index in [1.807, 2.05) is 0 Å². The van der Waals surface area contributed by atoms with E-state index in [4.69, 9.17) is 16.3 Å². The van der Waals surface area contributed by atoms with Gasteiger partial charge < -0.3 is 4.74 Å².